The molecule has 1 aliphatic rings. The van der Waals surface area contributed by atoms with Crippen molar-refractivity contribution in [3.8, 4) is 0 Å². The normalized spacial score (nSPS) is 13.0. The van der Waals surface area contributed by atoms with Crippen LogP contribution in [0.2, 0.25) is 5.02 Å². The summed E-state index contributed by atoms with van der Waals surface area (Å²) in [6, 6.07) is 8.40. The van der Waals surface area contributed by atoms with Gasteiger partial charge in [0.1, 0.15) is 0 Å². The average Bonchev–Trinajstić information content (AvgIpc) is 2.94. The fraction of sp³-hybridized carbons (Fsp3) is 0.312. The molecule has 0 fully saturated rings. The van der Waals surface area contributed by atoms with E-state index in [9.17, 15) is 9.59 Å². The van der Waals surface area contributed by atoms with E-state index in [0.717, 1.165) is 30.5 Å². The number of hydrogen-bond donors (Lipinski definition) is 1. The molecule has 0 spiro atoms. The van der Waals surface area contributed by atoms with Gasteiger partial charge in [0.15, 0.2) is 0 Å². The van der Waals surface area contributed by atoms with Gasteiger partial charge >= 0.3 is 0 Å². The summed E-state index contributed by atoms with van der Waals surface area (Å²) in [5, 5.41) is 7.66. The lowest BCUT2D eigenvalue weighted by atomic mass is 10.2. The number of nitrogens with one attached hydrogen (secondary N) is 1. The van der Waals surface area contributed by atoms with Crippen molar-refractivity contribution in [3.63, 3.8) is 0 Å². The molecule has 1 aromatic heterocycles. The predicted octanol–water partition coefficient (Wildman–Crippen LogP) is 1.82. The third-order valence-corrected chi connectivity index (χ3v) is 3.95. The Balaban J connectivity index is 1.62. The SMILES string of the molecule is O=C(NCCn1nc2c(cc1=O)CCC2)c1cccc(Cl)c1. The molecular formula is C16H16ClN3O2. The van der Waals surface area contributed by atoms with E-state index in [-0.39, 0.29) is 11.5 Å². The van der Waals surface area contributed by atoms with Crippen molar-refractivity contribution in [1.82, 2.24) is 15.1 Å². The molecule has 0 atom stereocenters. The van der Waals surface area contributed by atoms with Crippen LogP contribution < -0.4 is 10.9 Å². The summed E-state index contributed by atoms with van der Waals surface area (Å²) >= 11 is 5.86. The molecule has 1 heterocycles. The quantitative estimate of drug-likeness (QED) is 0.935. The summed E-state index contributed by atoms with van der Waals surface area (Å²) in [5.74, 6) is -0.211. The second-order valence-corrected chi connectivity index (χ2v) is 5.73. The lowest BCUT2D eigenvalue weighted by Gasteiger charge is -2.08. The lowest BCUT2D eigenvalue weighted by Crippen LogP contribution is -2.32. The van der Waals surface area contributed by atoms with Crippen LogP contribution in [-0.2, 0) is 19.4 Å². The largest absolute Gasteiger partial charge is 0.350 e. The van der Waals surface area contributed by atoms with Gasteiger partial charge in [0.25, 0.3) is 11.5 Å². The first-order valence-electron chi connectivity index (χ1n) is 7.27. The predicted molar refractivity (Wildman–Crippen MR) is 84.3 cm³/mol. The lowest BCUT2D eigenvalue weighted by molar-refractivity contribution is 0.0951. The highest BCUT2D eigenvalue weighted by atomic mass is 35.5. The molecule has 1 amide bonds. The molecule has 114 valence electrons. The third kappa shape index (κ3) is 3.20. The third-order valence-electron chi connectivity index (χ3n) is 3.72. The summed E-state index contributed by atoms with van der Waals surface area (Å²) in [6.45, 7) is 0.704. The average molecular weight is 318 g/mol. The monoisotopic (exact) mass is 317 g/mol. The molecule has 0 aliphatic heterocycles. The van der Waals surface area contributed by atoms with Crippen LogP contribution in [0.3, 0.4) is 0 Å². The minimum Gasteiger partial charge on any atom is -0.350 e. The van der Waals surface area contributed by atoms with Gasteiger partial charge in [0, 0.05) is 23.2 Å². The molecule has 22 heavy (non-hydrogen) atoms. The van der Waals surface area contributed by atoms with E-state index >= 15 is 0 Å². The number of aromatic nitrogens is 2. The van der Waals surface area contributed by atoms with Gasteiger partial charge in [0.2, 0.25) is 0 Å². The van der Waals surface area contributed by atoms with E-state index in [1.165, 1.54) is 4.68 Å². The Morgan fingerprint density at radius 2 is 2.18 bits per heavy atom. The van der Waals surface area contributed by atoms with Crippen LogP contribution in [0.5, 0.6) is 0 Å². The van der Waals surface area contributed by atoms with E-state index < -0.39 is 0 Å². The van der Waals surface area contributed by atoms with Crippen molar-refractivity contribution in [3.05, 3.63) is 62.5 Å². The van der Waals surface area contributed by atoms with Crippen molar-refractivity contribution in [1.29, 1.82) is 0 Å². The first kappa shape index (κ1) is 14.8. The molecule has 3 rings (SSSR count). The van der Waals surface area contributed by atoms with Crippen LogP contribution in [-0.4, -0.2) is 22.2 Å². The van der Waals surface area contributed by atoms with Gasteiger partial charge in [0.05, 0.1) is 12.2 Å². The Morgan fingerprint density at radius 3 is 3.00 bits per heavy atom. The van der Waals surface area contributed by atoms with Crippen LogP contribution in [0.4, 0.5) is 0 Å². The van der Waals surface area contributed by atoms with E-state index in [2.05, 4.69) is 10.4 Å². The van der Waals surface area contributed by atoms with Crippen molar-refractivity contribution >= 4 is 17.5 Å². The Bertz CT molecular complexity index is 770. The summed E-state index contributed by atoms with van der Waals surface area (Å²) in [4.78, 5) is 23.9. The number of nitrogens with zero attached hydrogens (tertiary/aromatic N) is 2. The zero-order valence-corrected chi connectivity index (χ0v) is 12.8. The molecular weight excluding hydrogens is 302 g/mol. The summed E-state index contributed by atoms with van der Waals surface area (Å²) in [5.41, 5.74) is 2.45. The number of rotatable bonds is 4. The Kier molecular flexibility index (Phi) is 4.24. The number of amides is 1. The standard InChI is InChI=1S/C16H16ClN3O2/c17-13-5-1-4-12(9-13)16(22)18-7-8-20-15(21)10-11-3-2-6-14(11)19-20/h1,4-5,9-10H,2-3,6-8H2,(H,18,22). The van der Waals surface area contributed by atoms with Crippen LogP contribution in [0, 0.1) is 0 Å². The first-order chi connectivity index (χ1) is 10.6. The van der Waals surface area contributed by atoms with E-state index in [4.69, 9.17) is 11.6 Å². The van der Waals surface area contributed by atoms with Gasteiger partial charge in [-0.3, -0.25) is 9.59 Å². The topological polar surface area (TPSA) is 64.0 Å². The molecule has 6 heteroatoms. The molecule has 0 bridgehead atoms. The summed E-state index contributed by atoms with van der Waals surface area (Å²) in [6.07, 6.45) is 2.91. The van der Waals surface area contributed by atoms with E-state index in [0.29, 0.717) is 23.7 Å². The minimum atomic E-state index is -0.211. The van der Waals surface area contributed by atoms with Crippen molar-refractivity contribution < 1.29 is 4.79 Å². The molecule has 1 aliphatic carbocycles. The Labute approximate surface area is 132 Å². The number of fused-ring (bicyclic) bond motifs is 1. The van der Waals surface area contributed by atoms with Gasteiger partial charge in [-0.15, -0.1) is 0 Å². The van der Waals surface area contributed by atoms with Crippen LogP contribution in [0.1, 0.15) is 28.0 Å². The minimum absolute atomic E-state index is 0.113. The van der Waals surface area contributed by atoms with Crippen LogP contribution in [0.15, 0.2) is 35.1 Å². The molecule has 1 N–H and O–H groups in total. The van der Waals surface area contributed by atoms with Crippen molar-refractivity contribution in [2.45, 2.75) is 25.8 Å². The maximum atomic E-state index is 12.0. The fourth-order valence-electron chi connectivity index (χ4n) is 2.61. The molecule has 0 saturated heterocycles. The highest BCUT2D eigenvalue weighted by Crippen LogP contribution is 2.16. The zero-order chi connectivity index (χ0) is 15.5. The van der Waals surface area contributed by atoms with E-state index in [1.54, 1.807) is 30.3 Å². The number of carbonyl (C=O) groups is 1. The summed E-state index contributed by atoms with van der Waals surface area (Å²) in [7, 11) is 0. The highest BCUT2D eigenvalue weighted by Gasteiger charge is 2.14. The van der Waals surface area contributed by atoms with Gasteiger partial charge < -0.3 is 5.32 Å². The maximum absolute atomic E-state index is 12.0. The number of halogens is 1. The van der Waals surface area contributed by atoms with E-state index in [1.807, 2.05) is 0 Å². The van der Waals surface area contributed by atoms with Gasteiger partial charge in [-0.25, -0.2) is 4.68 Å². The van der Waals surface area contributed by atoms with Gasteiger partial charge in [-0.1, -0.05) is 17.7 Å². The smallest absolute Gasteiger partial charge is 0.267 e. The summed E-state index contributed by atoms with van der Waals surface area (Å²) < 4.78 is 1.42. The molecule has 0 unspecified atom stereocenters. The van der Waals surface area contributed by atoms with Gasteiger partial charge in [-0.2, -0.15) is 5.10 Å². The Hall–Kier alpha value is -2.14. The second-order valence-electron chi connectivity index (χ2n) is 5.30. The molecule has 1 aromatic carbocycles. The van der Waals surface area contributed by atoms with Crippen LogP contribution in [0.25, 0.3) is 0 Å². The first-order valence-corrected chi connectivity index (χ1v) is 7.65. The number of hydrogen-bond acceptors (Lipinski definition) is 3. The molecule has 0 saturated carbocycles. The van der Waals surface area contributed by atoms with Crippen molar-refractivity contribution in [2.24, 2.45) is 0 Å². The molecule has 0 radical (unpaired) electrons. The zero-order valence-electron chi connectivity index (χ0n) is 12.0. The van der Waals surface area contributed by atoms with Crippen LogP contribution >= 0.6 is 11.6 Å². The maximum Gasteiger partial charge on any atom is 0.267 e. The highest BCUT2D eigenvalue weighted by molar-refractivity contribution is 6.30. The molecule has 2 aromatic rings. The fourth-order valence-corrected chi connectivity index (χ4v) is 2.80. The second kappa shape index (κ2) is 6.32. The number of benzene rings is 1. The number of carbonyl (C=O) groups excluding carboxylic acids is 1. The van der Waals surface area contributed by atoms with Gasteiger partial charge in [-0.05, 0) is 43.0 Å². The molecule has 5 nitrogen and oxygen atoms in total. The van der Waals surface area contributed by atoms with Crippen molar-refractivity contribution in [2.75, 3.05) is 6.54 Å². The number of aryl methyl sites for hydroxylation is 2. The Morgan fingerprint density at radius 1 is 1.32 bits per heavy atom.